The molecule has 1 aliphatic carbocycles. The molecular weight excluding hydrogens is 322 g/mol. The van der Waals surface area contributed by atoms with E-state index >= 15 is 0 Å². The molecule has 0 aliphatic heterocycles. The van der Waals surface area contributed by atoms with Gasteiger partial charge in [0.05, 0.1) is 21.6 Å². The van der Waals surface area contributed by atoms with Gasteiger partial charge in [-0.05, 0) is 55.0 Å². The number of hydrogen-bond acceptors (Lipinski definition) is 4. The molecule has 1 aromatic heterocycles. The molecule has 1 N–H and O–H groups in total. The van der Waals surface area contributed by atoms with Crippen molar-refractivity contribution in [3.8, 4) is 0 Å². The van der Waals surface area contributed by atoms with E-state index in [0.717, 1.165) is 25.7 Å². The van der Waals surface area contributed by atoms with E-state index < -0.39 is 5.97 Å². The molecule has 0 saturated heterocycles. The van der Waals surface area contributed by atoms with E-state index in [2.05, 4.69) is 5.32 Å². The second kappa shape index (κ2) is 6.10. The van der Waals surface area contributed by atoms with Gasteiger partial charge in [-0.1, -0.05) is 17.7 Å². The number of aryl methyl sites for hydroxylation is 2. The Hall–Kier alpha value is -1.85. The molecule has 3 rings (SSSR count). The lowest BCUT2D eigenvalue weighted by Gasteiger charge is -2.09. The minimum Gasteiger partial charge on any atom is -0.545 e. The van der Waals surface area contributed by atoms with E-state index in [1.165, 1.54) is 40.0 Å². The summed E-state index contributed by atoms with van der Waals surface area (Å²) in [4.78, 5) is 25.1. The van der Waals surface area contributed by atoms with Gasteiger partial charge in [-0.3, -0.25) is 4.79 Å². The highest BCUT2D eigenvalue weighted by Gasteiger charge is 2.18. The number of carboxylic acid groups (broad SMARTS) is 1. The number of amides is 1. The third kappa shape index (κ3) is 3.00. The number of aromatic carboxylic acids is 1. The maximum Gasteiger partial charge on any atom is 0.265 e. The van der Waals surface area contributed by atoms with E-state index in [1.54, 1.807) is 0 Å². The molecule has 0 unspecified atom stereocenters. The molecule has 1 heterocycles. The van der Waals surface area contributed by atoms with Crippen molar-refractivity contribution in [1.82, 2.24) is 0 Å². The summed E-state index contributed by atoms with van der Waals surface area (Å²) in [7, 11) is 0. The fourth-order valence-corrected chi connectivity index (χ4v) is 3.85. The lowest BCUT2D eigenvalue weighted by molar-refractivity contribution is -0.255. The van der Waals surface area contributed by atoms with Gasteiger partial charge in [0.15, 0.2) is 0 Å². The minimum absolute atomic E-state index is 0.0230. The van der Waals surface area contributed by atoms with Crippen LogP contribution in [0.15, 0.2) is 24.3 Å². The molecule has 0 bridgehead atoms. The molecule has 0 saturated carbocycles. The maximum atomic E-state index is 12.3. The fraction of sp³-hybridized carbons (Fsp3) is 0.250. The van der Waals surface area contributed by atoms with Gasteiger partial charge in [-0.15, -0.1) is 11.3 Å². The molecule has 4 nitrogen and oxygen atoms in total. The minimum atomic E-state index is -1.31. The Morgan fingerprint density at radius 2 is 1.95 bits per heavy atom. The molecule has 0 spiro atoms. The van der Waals surface area contributed by atoms with Gasteiger partial charge in [0.25, 0.3) is 5.91 Å². The van der Waals surface area contributed by atoms with Crippen LogP contribution in [0, 0.1) is 0 Å². The standard InChI is InChI=1S/C16H14ClNO3S/c17-11-6-5-10(16(20)21)7-12(11)18-15(19)14-8-9-3-1-2-4-13(9)22-14/h5-8H,1-4H2,(H,18,19)(H,20,21)/p-1. The van der Waals surface area contributed by atoms with Gasteiger partial charge in [0, 0.05) is 4.88 Å². The number of halogens is 1. The number of thiophene rings is 1. The Morgan fingerprint density at radius 3 is 2.68 bits per heavy atom. The molecule has 114 valence electrons. The number of anilines is 1. The number of benzene rings is 1. The van der Waals surface area contributed by atoms with Crippen molar-refractivity contribution in [1.29, 1.82) is 0 Å². The second-order valence-electron chi connectivity index (χ2n) is 5.20. The number of carboxylic acids is 1. The first-order chi connectivity index (χ1) is 10.5. The Morgan fingerprint density at radius 1 is 1.18 bits per heavy atom. The van der Waals surface area contributed by atoms with Crippen molar-refractivity contribution < 1.29 is 14.7 Å². The highest BCUT2D eigenvalue weighted by Crippen LogP contribution is 2.31. The van der Waals surface area contributed by atoms with Crippen molar-refractivity contribution >= 4 is 40.5 Å². The first kappa shape index (κ1) is 15.1. The normalized spacial score (nSPS) is 13.5. The van der Waals surface area contributed by atoms with E-state index in [9.17, 15) is 14.7 Å². The number of carbonyl (C=O) groups is 2. The summed E-state index contributed by atoms with van der Waals surface area (Å²) in [6.07, 6.45) is 4.35. The number of rotatable bonds is 3. The summed E-state index contributed by atoms with van der Waals surface area (Å²) < 4.78 is 0. The van der Waals surface area contributed by atoms with Crippen molar-refractivity contribution in [2.45, 2.75) is 25.7 Å². The fourth-order valence-electron chi connectivity index (χ4n) is 2.53. The van der Waals surface area contributed by atoms with Crippen LogP contribution in [-0.2, 0) is 12.8 Å². The van der Waals surface area contributed by atoms with E-state index in [-0.39, 0.29) is 17.2 Å². The zero-order chi connectivity index (χ0) is 15.7. The van der Waals surface area contributed by atoms with Gasteiger partial charge in [0.2, 0.25) is 0 Å². The number of nitrogens with one attached hydrogen (secondary N) is 1. The molecule has 1 aromatic carbocycles. The van der Waals surface area contributed by atoms with Crippen LogP contribution in [0.5, 0.6) is 0 Å². The zero-order valence-electron chi connectivity index (χ0n) is 11.6. The molecule has 0 fully saturated rings. The van der Waals surface area contributed by atoms with Crippen molar-refractivity contribution in [3.05, 3.63) is 50.2 Å². The average Bonchev–Trinajstić information content (AvgIpc) is 2.93. The first-order valence-electron chi connectivity index (χ1n) is 6.98. The van der Waals surface area contributed by atoms with Crippen molar-refractivity contribution in [2.24, 2.45) is 0 Å². The van der Waals surface area contributed by atoms with Crippen LogP contribution < -0.4 is 10.4 Å². The predicted octanol–water partition coefficient (Wildman–Crippen LogP) is 2.90. The molecule has 22 heavy (non-hydrogen) atoms. The molecular formula is C16H13ClNO3S-. The van der Waals surface area contributed by atoms with Crippen LogP contribution in [0.1, 0.15) is 43.3 Å². The van der Waals surface area contributed by atoms with Crippen LogP contribution >= 0.6 is 22.9 Å². The van der Waals surface area contributed by atoms with E-state index in [1.807, 2.05) is 6.07 Å². The number of fused-ring (bicyclic) bond motifs is 1. The summed E-state index contributed by atoms with van der Waals surface area (Å²) in [5, 5.41) is 13.9. The van der Waals surface area contributed by atoms with E-state index in [0.29, 0.717) is 9.90 Å². The molecule has 1 amide bonds. The summed E-state index contributed by atoms with van der Waals surface area (Å²) in [5.74, 6) is -1.57. The van der Waals surface area contributed by atoms with E-state index in [4.69, 9.17) is 11.6 Å². The largest absolute Gasteiger partial charge is 0.545 e. The third-order valence-electron chi connectivity index (χ3n) is 3.67. The van der Waals surface area contributed by atoms with Crippen LogP contribution in [0.25, 0.3) is 0 Å². The lowest BCUT2D eigenvalue weighted by atomic mass is 9.99. The van der Waals surface area contributed by atoms with Crippen LogP contribution in [-0.4, -0.2) is 11.9 Å². The lowest BCUT2D eigenvalue weighted by Crippen LogP contribution is -2.22. The number of carbonyl (C=O) groups excluding carboxylic acids is 2. The van der Waals surface area contributed by atoms with Gasteiger partial charge in [-0.25, -0.2) is 0 Å². The summed E-state index contributed by atoms with van der Waals surface area (Å²) in [6, 6.07) is 6.01. The molecule has 0 radical (unpaired) electrons. The average molecular weight is 335 g/mol. The van der Waals surface area contributed by atoms with Crippen molar-refractivity contribution in [2.75, 3.05) is 5.32 Å². The Labute approximate surface area is 136 Å². The Kier molecular flexibility index (Phi) is 4.18. The smallest absolute Gasteiger partial charge is 0.265 e. The first-order valence-corrected chi connectivity index (χ1v) is 8.18. The quantitative estimate of drug-likeness (QED) is 0.938. The topological polar surface area (TPSA) is 69.2 Å². The van der Waals surface area contributed by atoms with Gasteiger partial charge >= 0.3 is 0 Å². The highest BCUT2D eigenvalue weighted by molar-refractivity contribution is 7.14. The molecule has 2 aromatic rings. The maximum absolute atomic E-state index is 12.3. The van der Waals surface area contributed by atoms with Gasteiger partial charge in [-0.2, -0.15) is 0 Å². The Bertz CT molecular complexity index is 730. The monoisotopic (exact) mass is 334 g/mol. The summed E-state index contributed by atoms with van der Waals surface area (Å²) in [6.45, 7) is 0. The summed E-state index contributed by atoms with van der Waals surface area (Å²) in [5.41, 5.74) is 1.50. The van der Waals surface area contributed by atoms with Crippen LogP contribution in [0.2, 0.25) is 5.02 Å². The van der Waals surface area contributed by atoms with Gasteiger partial charge < -0.3 is 15.2 Å². The SMILES string of the molecule is O=C([O-])c1ccc(Cl)c(NC(=O)c2cc3c(s2)CCCC3)c1. The van der Waals surface area contributed by atoms with Crippen LogP contribution in [0.4, 0.5) is 5.69 Å². The highest BCUT2D eigenvalue weighted by atomic mass is 35.5. The Balaban J connectivity index is 1.83. The zero-order valence-corrected chi connectivity index (χ0v) is 13.2. The van der Waals surface area contributed by atoms with Gasteiger partial charge in [0.1, 0.15) is 0 Å². The third-order valence-corrected chi connectivity index (χ3v) is 5.24. The predicted molar refractivity (Wildman–Crippen MR) is 84.7 cm³/mol. The molecule has 6 heteroatoms. The molecule has 0 atom stereocenters. The van der Waals surface area contributed by atoms with Crippen LogP contribution in [0.3, 0.4) is 0 Å². The van der Waals surface area contributed by atoms with Crippen molar-refractivity contribution in [3.63, 3.8) is 0 Å². The molecule has 1 aliphatic rings. The summed E-state index contributed by atoms with van der Waals surface area (Å²) >= 11 is 7.50. The number of hydrogen-bond donors (Lipinski definition) is 1. The second-order valence-corrected chi connectivity index (χ2v) is 6.75.